The van der Waals surface area contributed by atoms with E-state index in [0.717, 1.165) is 6.42 Å². The second-order valence-electron chi connectivity index (χ2n) is 12.0. The number of Topliss-reactive ketones (excluding diaryl/α,β-unsaturated/α-hetero) is 4. The first kappa shape index (κ1) is 29.0. The first-order chi connectivity index (χ1) is 18.0. The molecule has 0 saturated heterocycles. The molecule has 3 aliphatic carbocycles. The molecule has 2 fully saturated rings. The molecule has 212 valence electrons. The molecule has 11 heteroatoms. The van der Waals surface area contributed by atoms with Gasteiger partial charge in [0, 0.05) is 29.1 Å². The van der Waals surface area contributed by atoms with Crippen LogP contribution in [0.3, 0.4) is 0 Å². The van der Waals surface area contributed by atoms with Crippen LogP contribution in [0.1, 0.15) is 55.1 Å². The second-order valence-corrected chi connectivity index (χ2v) is 12.0. The van der Waals surface area contributed by atoms with E-state index in [4.69, 9.17) is 5.73 Å². The number of hydrogen-bond donors (Lipinski definition) is 3. The van der Waals surface area contributed by atoms with Gasteiger partial charge in [0.05, 0.1) is 17.5 Å². The van der Waals surface area contributed by atoms with E-state index in [-0.39, 0.29) is 41.6 Å². The molecule has 3 aliphatic rings. The summed E-state index contributed by atoms with van der Waals surface area (Å²) in [6, 6.07) is -0.0316. The maximum absolute atomic E-state index is 15.9. The molecule has 10 nitrogen and oxygen atoms in total. The van der Waals surface area contributed by atoms with E-state index >= 15 is 4.39 Å². The number of carbonyl (C=O) groups is 5. The van der Waals surface area contributed by atoms with Crippen molar-refractivity contribution in [2.45, 2.75) is 63.8 Å². The van der Waals surface area contributed by atoms with Crippen molar-refractivity contribution in [3.05, 3.63) is 28.6 Å². The van der Waals surface area contributed by atoms with E-state index in [1.54, 1.807) is 0 Å². The third-order valence-electron chi connectivity index (χ3n) is 9.38. The molecule has 2 saturated carbocycles. The number of nitrogens with two attached hydrogens (primary N) is 1. The molecule has 39 heavy (non-hydrogen) atoms. The summed E-state index contributed by atoms with van der Waals surface area (Å²) in [4.78, 5) is 69.2. The van der Waals surface area contributed by atoms with E-state index in [2.05, 4.69) is 0 Å². The highest BCUT2D eigenvalue weighted by Crippen LogP contribution is 2.51. The number of carbonyl (C=O) groups excluding carboxylic acids is 5. The molecule has 4 N–H and O–H groups in total. The predicted octanol–water partition coefficient (Wildman–Crippen LogP) is 0.627. The average molecular weight is 546 g/mol. The summed E-state index contributed by atoms with van der Waals surface area (Å²) in [6.45, 7) is 6.17. The highest BCUT2D eigenvalue weighted by Gasteiger charge is 2.69. The molecule has 2 unspecified atom stereocenters. The van der Waals surface area contributed by atoms with Crippen molar-refractivity contribution in [1.29, 1.82) is 0 Å². The lowest BCUT2D eigenvalue weighted by Crippen LogP contribution is -2.74. The number of ketones is 4. The number of aromatic hydroxyl groups is 1. The number of fused-ring (bicyclic) bond motifs is 3. The van der Waals surface area contributed by atoms with Crippen LogP contribution in [0.25, 0.3) is 0 Å². The predicted molar refractivity (Wildman–Crippen MR) is 137 cm³/mol. The zero-order valence-corrected chi connectivity index (χ0v) is 23.1. The molecule has 0 heterocycles. The Bertz CT molecular complexity index is 1290. The lowest BCUT2D eigenvalue weighted by atomic mass is 9.52. The second kappa shape index (κ2) is 9.57. The number of amides is 1. The van der Waals surface area contributed by atoms with Gasteiger partial charge >= 0.3 is 0 Å². The van der Waals surface area contributed by atoms with Crippen LogP contribution in [-0.4, -0.2) is 87.4 Å². The fourth-order valence-corrected chi connectivity index (χ4v) is 6.56. The molecule has 4 rings (SSSR count). The number of phenolic OH excluding ortho intramolecular Hbond substituents is 1. The van der Waals surface area contributed by atoms with Gasteiger partial charge < -0.3 is 15.9 Å². The van der Waals surface area contributed by atoms with Gasteiger partial charge in [-0.15, -0.1) is 0 Å². The third kappa shape index (κ3) is 4.13. The Balaban J connectivity index is 1.81. The maximum atomic E-state index is 15.9. The summed E-state index contributed by atoms with van der Waals surface area (Å²) in [5, 5.41) is 22.4. The maximum Gasteiger partial charge on any atom is 0.235 e. The van der Waals surface area contributed by atoms with Crippen LogP contribution in [0.15, 0.2) is 6.07 Å². The van der Waals surface area contributed by atoms with Gasteiger partial charge in [0.1, 0.15) is 11.6 Å². The summed E-state index contributed by atoms with van der Waals surface area (Å²) in [7, 11) is 4.85. The molecular formula is C28H36FN3O7. The molecule has 0 spiro atoms. The number of benzene rings is 1. The molecule has 1 aromatic rings. The van der Waals surface area contributed by atoms with Crippen molar-refractivity contribution in [3.63, 3.8) is 0 Å². The highest BCUT2D eigenvalue weighted by atomic mass is 19.1. The van der Waals surface area contributed by atoms with E-state index in [0.29, 0.717) is 0 Å². The first-order valence-electron chi connectivity index (χ1n) is 13.1. The van der Waals surface area contributed by atoms with Gasteiger partial charge in [0.2, 0.25) is 5.91 Å². The molecule has 0 bridgehead atoms. The number of hydrogen-bond acceptors (Lipinski definition) is 9. The van der Waals surface area contributed by atoms with Gasteiger partial charge in [-0.25, -0.2) is 4.39 Å². The van der Waals surface area contributed by atoms with Crippen molar-refractivity contribution < 1.29 is 38.6 Å². The SMILES string of the molecule is CCC(C)(C)N(C)Cc1cc(O)c2c(c1F)C[C@H]1C[C@H]3[C@H](N(C)C)C(=O)C(C(N)=O)C(=O)[C@@]3(O)C(=O)C1C2=O. The molecule has 0 radical (unpaired) electrons. The number of halogens is 1. The van der Waals surface area contributed by atoms with Crippen LogP contribution in [0.5, 0.6) is 5.75 Å². The number of nitrogens with zero attached hydrogens (tertiary/aromatic N) is 2. The minimum Gasteiger partial charge on any atom is -0.507 e. The quantitative estimate of drug-likeness (QED) is 0.436. The fraction of sp³-hybridized carbons (Fsp3) is 0.607. The molecule has 0 aromatic heterocycles. The van der Waals surface area contributed by atoms with Crippen LogP contribution < -0.4 is 5.73 Å². The summed E-state index contributed by atoms with van der Waals surface area (Å²) < 4.78 is 15.9. The summed E-state index contributed by atoms with van der Waals surface area (Å²) in [5.74, 6) is -12.3. The number of aliphatic hydroxyl groups is 1. The standard InChI is InChI=1S/C28H36FN3O7/c1-7-27(2,3)32(6)11-13-10-16(33)18-14(20(13)29)8-12-9-15-21(31(4)5)23(35)19(26(30)38)25(37)28(15,39)24(36)17(12)22(18)34/h10,12,15,17,19,21,33,39H,7-9,11H2,1-6H3,(H2,30,38)/t12-,15-,17?,19?,21-,28-/m0/s1. The summed E-state index contributed by atoms with van der Waals surface area (Å²) in [6.07, 6.45) is 0.550. The summed E-state index contributed by atoms with van der Waals surface area (Å²) in [5.41, 5.74) is 2.07. The highest BCUT2D eigenvalue weighted by molar-refractivity contribution is 6.32. The van der Waals surface area contributed by atoms with Gasteiger partial charge in [-0.1, -0.05) is 6.92 Å². The molecule has 1 amide bonds. The summed E-state index contributed by atoms with van der Waals surface area (Å²) >= 11 is 0. The Labute approximate surface area is 226 Å². The Kier molecular flexibility index (Phi) is 7.11. The van der Waals surface area contributed by atoms with Gasteiger partial charge in [0.15, 0.2) is 34.7 Å². The Morgan fingerprint density at radius 1 is 1.18 bits per heavy atom. The first-order valence-corrected chi connectivity index (χ1v) is 13.1. The number of rotatable bonds is 6. The molecular weight excluding hydrogens is 509 g/mol. The van der Waals surface area contributed by atoms with Crippen molar-refractivity contribution in [2.24, 2.45) is 29.4 Å². The van der Waals surface area contributed by atoms with E-state index in [1.807, 2.05) is 32.7 Å². The zero-order valence-electron chi connectivity index (χ0n) is 23.1. The van der Waals surface area contributed by atoms with Crippen LogP contribution >= 0.6 is 0 Å². The van der Waals surface area contributed by atoms with E-state index in [9.17, 15) is 34.2 Å². The van der Waals surface area contributed by atoms with Crippen LogP contribution in [-0.2, 0) is 32.1 Å². The van der Waals surface area contributed by atoms with Gasteiger partial charge in [-0.3, -0.25) is 33.8 Å². The van der Waals surface area contributed by atoms with Crippen LogP contribution in [0.4, 0.5) is 4.39 Å². The smallest absolute Gasteiger partial charge is 0.235 e. The minimum atomic E-state index is -2.81. The van der Waals surface area contributed by atoms with E-state index in [1.165, 1.54) is 25.1 Å². The minimum absolute atomic E-state index is 0.0259. The largest absolute Gasteiger partial charge is 0.507 e. The van der Waals surface area contributed by atoms with Crippen molar-refractivity contribution in [1.82, 2.24) is 9.80 Å². The van der Waals surface area contributed by atoms with Gasteiger partial charge in [-0.05, 0) is 66.2 Å². The third-order valence-corrected chi connectivity index (χ3v) is 9.38. The number of likely N-dealkylation sites (N-methyl/N-ethyl adjacent to an activating group) is 1. The Hall–Kier alpha value is -3.02. The number of phenols is 1. The Morgan fingerprint density at radius 2 is 1.79 bits per heavy atom. The average Bonchev–Trinajstić information content (AvgIpc) is 2.83. The van der Waals surface area contributed by atoms with Crippen molar-refractivity contribution >= 4 is 29.0 Å². The van der Waals surface area contributed by atoms with Crippen molar-refractivity contribution in [3.8, 4) is 5.75 Å². The monoisotopic (exact) mass is 545 g/mol. The van der Waals surface area contributed by atoms with Gasteiger partial charge in [0.25, 0.3) is 0 Å². The Morgan fingerprint density at radius 3 is 2.33 bits per heavy atom. The van der Waals surface area contributed by atoms with Crippen LogP contribution in [0, 0.1) is 29.5 Å². The zero-order chi connectivity index (χ0) is 29.4. The normalized spacial score (nSPS) is 30.9. The fourth-order valence-electron chi connectivity index (χ4n) is 6.56. The van der Waals surface area contributed by atoms with Gasteiger partial charge in [-0.2, -0.15) is 0 Å². The lowest BCUT2D eigenvalue weighted by Gasteiger charge is -2.52. The van der Waals surface area contributed by atoms with Crippen LogP contribution in [0.2, 0.25) is 0 Å². The number of primary amides is 1. The van der Waals surface area contributed by atoms with E-state index < -0.39 is 75.9 Å². The lowest BCUT2D eigenvalue weighted by molar-refractivity contribution is -0.181. The molecule has 0 aliphatic heterocycles. The van der Waals surface area contributed by atoms with Crippen molar-refractivity contribution in [2.75, 3.05) is 21.1 Å². The molecule has 6 atom stereocenters. The topological polar surface area (TPSA) is 158 Å². The molecule has 1 aromatic carbocycles.